The van der Waals surface area contributed by atoms with Crippen molar-refractivity contribution in [2.75, 3.05) is 11.9 Å². The van der Waals surface area contributed by atoms with Crippen LogP contribution in [0.2, 0.25) is 0 Å². The monoisotopic (exact) mass is 311 g/mol. The van der Waals surface area contributed by atoms with Crippen molar-refractivity contribution in [1.29, 1.82) is 0 Å². The average Bonchev–Trinajstić information content (AvgIpc) is 2.50. The third kappa shape index (κ3) is 5.09. The van der Waals surface area contributed by atoms with Gasteiger partial charge in [-0.15, -0.1) is 0 Å². The number of nitrogens with one attached hydrogen (secondary N) is 2. The molecule has 2 aromatic rings. The van der Waals surface area contributed by atoms with Crippen LogP contribution in [-0.4, -0.2) is 17.4 Å². The third-order valence-corrected chi connectivity index (χ3v) is 3.66. The van der Waals surface area contributed by atoms with E-state index in [1.807, 2.05) is 6.07 Å². The van der Waals surface area contributed by atoms with Crippen LogP contribution in [0.15, 0.2) is 36.5 Å². The summed E-state index contributed by atoms with van der Waals surface area (Å²) in [5.74, 6) is 0.455. The highest BCUT2D eigenvalue weighted by Crippen LogP contribution is 2.21. The topological polar surface area (TPSA) is 54.0 Å². The van der Waals surface area contributed by atoms with E-state index in [2.05, 4.69) is 61.5 Å². The molecule has 0 radical (unpaired) electrons. The van der Waals surface area contributed by atoms with E-state index in [-0.39, 0.29) is 5.91 Å². The van der Waals surface area contributed by atoms with Crippen LogP contribution in [0, 0.1) is 19.8 Å². The van der Waals surface area contributed by atoms with Crippen LogP contribution in [0.25, 0.3) is 0 Å². The van der Waals surface area contributed by atoms with E-state index >= 15 is 0 Å². The molecule has 0 fully saturated rings. The van der Waals surface area contributed by atoms with E-state index in [4.69, 9.17) is 0 Å². The van der Waals surface area contributed by atoms with Crippen molar-refractivity contribution in [3.05, 3.63) is 53.3 Å². The second kappa shape index (κ2) is 7.77. The standard InChI is InChI=1S/C19H25N3O/c1-13(2)9-10-20-19(23)18-8-6-16(12-21-18)22-17-7-5-14(3)11-15(17)4/h5-8,11-13,22H,9-10H2,1-4H3,(H,20,23). The Morgan fingerprint density at radius 1 is 1.17 bits per heavy atom. The Balaban J connectivity index is 1.97. The molecule has 1 aromatic heterocycles. The molecule has 0 saturated heterocycles. The summed E-state index contributed by atoms with van der Waals surface area (Å²) in [6.45, 7) is 9.10. The second-order valence-corrected chi connectivity index (χ2v) is 6.31. The van der Waals surface area contributed by atoms with E-state index < -0.39 is 0 Å². The SMILES string of the molecule is Cc1ccc(Nc2ccc(C(=O)NCCC(C)C)nc2)c(C)c1. The molecule has 0 unspecified atom stereocenters. The smallest absolute Gasteiger partial charge is 0.269 e. The predicted octanol–water partition coefficient (Wildman–Crippen LogP) is 4.22. The summed E-state index contributed by atoms with van der Waals surface area (Å²) in [5.41, 5.74) is 4.78. The van der Waals surface area contributed by atoms with Crippen molar-refractivity contribution in [2.24, 2.45) is 5.92 Å². The van der Waals surface area contributed by atoms with Gasteiger partial charge in [-0.1, -0.05) is 31.5 Å². The molecule has 4 heteroatoms. The minimum absolute atomic E-state index is 0.122. The molecule has 2 rings (SSSR count). The van der Waals surface area contributed by atoms with Gasteiger partial charge in [-0.05, 0) is 49.9 Å². The van der Waals surface area contributed by atoms with E-state index in [1.165, 1.54) is 11.1 Å². The molecule has 122 valence electrons. The molecule has 0 saturated carbocycles. The van der Waals surface area contributed by atoms with Crippen molar-refractivity contribution in [2.45, 2.75) is 34.1 Å². The van der Waals surface area contributed by atoms with Crippen LogP contribution in [-0.2, 0) is 0 Å². The molecular formula is C19H25N3O. The summed E-state index contributed by atoms with van der Waals surface area (Å²) in [5, 5.41) is 6.22. The largest absolute Gasteiger partial charge is 0.354 e. The van der Waals surface area contributed by atoms with Crippen LogP contribution in [0.3, 0.4) is 0 Å². The summed E-state index contributed by atoms with van der Waals surface area (Å²) < 4.78 is 0. The van der Waals surface area contributed by atoms with Gasteiger partial charge in [0.05, 0.1) is 11.9 Å². The lowest BCUT2D eigenvalue weighted by atomic mass is 10.1. The molecule has 0 spiro atoms. The first-order valence-corrected chi connectivity index (χ1v) is 8.04. The van der Waals surface area contributed by atoms with E-state index in [9.17, 15) is 4.79 Å². The first-order chi connectivity index (χ1) is 11.0. The quantitative estimate of drug-likeness (QED) is 0.840. The van der Waals surface area contributed by atoms with Gasteiger partial charge in [-0.2, -0.15) is 0 Å². The highest BCUT2D eigenvalue weighted by atomic mass is 16.1. The minimum Gasteiger partial charge on any atom is -0.354 e. The van der Waals surface area contributed by atoms with Crippen LogP contribution in [0.1, 0.15) is 41.9 Å². The van der Waals surface area contributed by atoms with Gasteiger partial charge in [0.25, 0.3) is 5.91 Å². The van der Waals surface area contributed by atoms with Gasteiger partial charge in [0.2, 0.25) is 0 Å². The molecule has 2 N–H and O–H groups in total. The molecule has 1 heterocycles. The van der Waals surface area contributed by atoms with Gasteiger partial charge >= 0.3 is 0 Å². The van der Waals surface area contributed by atoms with E-state index in [0.717, 1.165) is 17.8 Å². The summed E-state index contributed by atoms with van der Waals surface area (Å²) >= 11 is 0. The molecule has 4 nitrogen and oxygen atoms in total. The van der Waals surface area contributed by atoms with Gasteiger partial charge in [0.1, 0.15) is 5.69 Å². The number of aromatic nitrogens is 1. The number of carbonyl (C=O) groups is 1. The number of benzene rings is 1. The summed E-state index contributed by atoms with van der Waals surface area (Å²) in [6.07, 6.45) is 2.66. The zero-order valence-corrected chi connectivity index (χ0v) is 14.3. The molecule has 1 amide bonds. The van der Waals surface area contributed by atoms with Gasteiger partial charge < -0.3 is 10.6 Å². The summed E-state index contributed by atoms with van der Waals surface area (Å²) in [4.78, 5) is 16.2. The Hall–Kier alpha value is -2.36. The van der Waals surface area contributed by atoms with Gasteiger partial charge in [-0.3, -0.25) is 4.79 Å². The summed E-state index contributed by atoms with van der Waals surface area (Å²) in [7, 11) is 0. The highest BCUT2D eigenvalue weighted by Gasteiger charge is 2.07. The minimum atomic E-state index is -0.122. The number of carbonyl (C=O) groups excluding carboxylic acids is 1. The van der Waals surface area contributed by atoms with Gasteiger partial charge in [-0.25, -0.2) is 4.98 Å². The van der Waals surface area contributed by atoms with Crippen LogP contribution >= 0.6 is 0 Å². The van der Waals surface area contributed by atoms with Crippen LogP contribution in [0.4, 0.5) is 11.4 Å². The normalized spacial score (nSPS) is 10.7. The fraction of sp³-hybridized carbons (Fsp3) is 0.368. The van der Waals surface area contributed by atoms with Crippen molar-refractivity contribution in [3.8, 4) is 0 Å². The fourth-order valence-corrected chi connectivity index (χ4v) is 2.28. The van der Waals surface area contributed by atoms with Crippen LogP contribution < -0.4 is 10.6 Å². The lowest BCUT2D eigenvalue weighted by molar-refractivity contribution is 0.0947. The molecule has 1 aromatic carbocycles. The maximum absolute atomic E-state index is 12.0. The molecule has 0 aliphatic carbocycles. The summed E-state index contributed by atoms with van der Waals surface area (Å²) in [6, 6.07) is 9.88. The maximum atomic E-state index is 12.0. The highest BCUT2D eigenvalue weighted by molar-refractivity contribution is 5.92. The average molecular weight is 311 g/mol. The molecular weight excluding hydrogens is 286 g/mol. The predicted molar refractivity (Wildman–Crippen MR) is 95.2 cm³/mol. The first kappa shape index (κ1) is 17.0. The van der Waals surface area contributed by atoms with E-state index in [1.54, 1.807) is 12.3 Å². The number of hydrogen-bond acceptors (Lipinski definition) is 3. The number of hydrogen-bond donors (Lipinski definition) is 2. The zero-order valence-electron chi connectivity index (χ0n) is 14.3. The lowest BCUT2D eigenvalue weighted by Crippen LogP contribution is -2.26. The Labute approximate surface area is 138 Å². The Morgan fingerprint density at radius 2 is 1.96 bits per heavy atom. The van der Waals surface area contributed by atoms with E-state index in [0.29, 0.717) is 18.2 Å². The number of rotatable bonds is 6. The van der Waals surface area contributed by atoms with Crippen molar-refractivity contribution < 1.29 is 4.79 Å². The van der Waals surface area contributed by atoms with Gasteiger partial charge in [0, 0.05) is 12.2 Å². The van der Waals surface area contributed by atoms with Crippen molar-refractivity contribution >= 4 is 17.3 Å². The van der Waals surface area contributed by atoms with Crippen molar-refractivity contribution in [1.82, 2.24) is 10.3 Å². The van der Waals surface area contributed by atoms with Crippen molar-refractivity contribution in [3.63, 3.8) is 0 Å². The maximum Gasteiger partial charge on any atom is 0.269 e. The number of nitrogens with zero attached hydrogens (tertiary/aromatic N) is 1. The molecule has 0 aliphatic rings. The molecule has 23 heavy (non-hydrogen) atoms. The number of amides is 1. The molecule has 0 aliphatic heterocycles. The Morgan fingerprint density at radius 3 is 2.57 bits per heavy atom. The number of pyridine rings is 1. The molecule has 0 atom stereocenters. The lowest BCUT2D eigenvalue weighted by Gasteiger charge is -2.11. The van der Waals surface area contributed by atoms with Crippen LogP contribution in [0.5, 0.6) is 0 Å². The Bertz CT molecular complexity index is 663. The second-order valence-electron chi connectivity index (χ2n) is 6.31. The fourth-order valence-electron chi connectivity index (χ4n) is 2.28. The number of aryl methyl sites for hydroxylation is 2. The zero-order chi connectivity index (χ0) is 16.8. The number of anilines is 2. The van der Waals surface area contributed by atoms with Gasteiger partial charge in [0.15, 0.2) is 0 Å². The first-order valence-electron chi connectivity index (χ1n) is 8.04. The Kier molecular flexibility index (Phi) is 5.74. The molecule has 0 bridgehead atoms. The third-order valence-electron chi connectivity index (χ3n) is 3.66.